The van der Waals surface area contributed by atoms with E-state index in [9.17, 15) is 0 Å². The van der Waals surface area contributed by atoms with Crippen molar-refractivity contribution in [1.29, 1.82) is 0 Å². The molecule has 0 N–H and O–H groups in total. The third-order valence-electron chi connectivity index (χ3n) is 3.47. The van der Waals surface area contributed by atoms with Gasteiger partial charge in [-0.05, 0) is 11.8 Å². The molecule has 0 spiro atoms. The zero-order valence-electron chi connectivity index (χ0n) is 8.81. The maximum absolute atomic E-state index is 1.56. The van der Waals surface area contributed by atoms with Gasteiger partial charge in [0.1, 0.15) is 0 Å². The van der Waals surface area contributed by atoms with Crippen LogP contribution in [0.4, 0.5) is 0 Å². The first-order chi connectivity index (χ1) is 4.97. The maximum atomic E-state index is 1.56. The molecule has 2 rings (SSSR count). The third kappa shape index (κ3) is 2.80. The normalized spacial score (nSPS) is 37.1. The second-order valence-corrected chi connectivity index (χ2v) is 4.09. The van der Waals surface area contributed by atoms with E-state index in [4.69, 9.17) is 0 Å². The minimum Gasteiger partial charge on any atom is -1.00 e. The van der Waals surface area contributed by atoms with Gasteiger partial charge in [0.2, 0.25) is 0 Å². The summed E-state index contributed by atoms with van der Waals surface area (Å²) in [6.07, 6.45) is 12.4. The molecule has 0 aliphatic heterocycles. The van der Waals surface area contributed by atoms with Crippen LogP contribution >= 0.6 is 0 Å². The van der Waals surface area contributed by atoms with E-state index in [1.807, 2.05) is 0 Å². The Balaban J connectivity index is 0.000000605. The van der Waals surface area contributed by atoms with Crippen LogP contribution in [-0.2, 0) is 0 Å². The molecule has 0 amide bonds. The standard InChI is InChI=1S/C10H18.K.H/c1-2-6-10-8-4-3-7-9(10)5-1;;/h9-10H,1-8H2;;/q;+1;-1. The molecule has 60 valence electrons. The Morgan fingerprint density at radius 2 is 0.909 bits per heavy atom. The van der Waals surface area contributed by atoms with Gasteiger partial charge in [-0.15, -0.1) is 0 Å². The predicted molar refractivity (Wildman–Crippen MR) is 45.0 cm³/mol. The van der Waals surface area contributed by atoms with Crippen molar-refractivity contribution >= 4 is 0 Å². The van der Waals surface area contributed by atoms with Gasteiger partial charge in [-0.2, -0.15) is 0 Å². The fourth-order valence-electron chi connectivity index (χ4n) is 2.86. The molecule has 0 atom stereocenters. The molecular weight excluding hydrogens is 159 g/mol. The smallest absolute Gasteiger partial charge is 1.00 e. The average Bonchev–Trinajstić information content (AvgIpc) is 2.05. The molecule has 0 aromatic carbocycles. The first kappa shape index (κ1) is 10.7. The summed E-state index contributed by atoms with van der Waals surface area (Å²) < 4.78 is 0. The molecular formula is C10H19K. The first-order valence-corrected chi connectivity index (χ1v) is 4.97. The van der Waals surface area contributed by atoms with Crippen LogP contribution in [0.5, 0.6) is 0 Å². The molecule has 11 heavy (non-hydrogen) atoms. The Morgan fingerprint density at radius 3 is 1.18 bits per heavy atom. The Morgan fingerprint density at radius 1 is 0.636 bits per heavy atom. The fraction of sp³-hybridized carbons (Fsp3) is 1.00. The zero-order chi connectivity index (χ0) is 6.81. The van der Waals surface area contributed by atoms with E-state index in [2.05, 4.69) is 0 Å². The number of fused-ring (bicyclic) bond motifs is 1. The van der Waals surface area contributed by atoms with E-state index < -0.39 is 0 Å². The maximum Gasteiger partial charge on any atom is 1.00 e. The molecule has 1 heteroatoms. The summed E-state index contributed by atoms with van der Waals surface area (Å²) in [5.74, 6) is 2.31. The van der Waals surface area contributed by atoms with Crippen molar-refractivity contribution in [3.63, 3.8) is 0 Å². The number of rotatable bonds is 0. The molecule has 0 radical (unpaired) electrons. The second kappa shape index (κ2) is 5.38. The molecule has 2 aliphatic carbocycles. The van der Waals surface area contributed by atoms with Gasteiger partial charge in [0.15, 0.2) is 0 Å². The monoisotopic (exact) mass is 178 g/mol. The van der Waals surface area contributed by atoms with Crippen molar-refractivity contribution in [1.82, 2.24) is 0 Å². The van der Waals surface area contributed by atoms with Gasteiger partial charge in [-0.3, -0.25) is 0 Å². The average molecular weight is 178 g/mol. The summed E-state index contributed by atoms with van der Waals surface area (Å²) in [6, 6.07) is 0. The molecule has 0 bridgehead atoms. The molecule has 2 aliphatic rings. The Hall–Kier alpha value is 1.64. The third-order valence-corrected chi connectivity index (χ3v) is 3.47. The minimum absolute atomic E-state index is 0. The van der Waals surface area contributed by atoms with Crippen LogP contribution in [-0.4, -0.2) is 0 Å². The minimum atomic E-state index is 0. The summed E-state index contributed by atoms with van der Waals surface area (Å²) in [4.78, 5) is 0. The SMILES string of the molecule is C1CCC2CCCCC2C1.[H-].[K+]. The van der Waals surface area contributed by atoms with Crippen molar-refractivity contribution in [3.05, 3.63) is 0 Å². The van der Waals surface area contributed by atoms with Gasteiger partial charge < -0.3 is 1.43 Å². The summed E-state index contributed by atoms with van der Waals surface area (Å²) >= 11 is 0. The van der Waals surface area contributed by atoms with Crippen molar-refractivity contribution in [3.8, 4) is 0 Å². The van der Waals surface area contributed by atoms with Crippen molar-refractivity contribution in [2.45, 2.75) is 51.4 Å². The summed E-state index contributed by atoms with van der Waals surface area (Å²) in [5, 5.41) is 0. The molecule has 0 unspecified atom stereocenters. The van der Waals surface area contributed by atoms with Gasteiger partial charge >= 0.3 is 51.4 Å². The molecule has 2 fully saturated rings. The van der Waals surface area contributed by atoms with Gasteiger partial charge in [-0.1, -0.05) is 51.4 Å². The van der Waals surface area contributed by atoms with Crippen molar-refractivity contribution in [2.24, 2.45) is 11.8 Å². The van der Waals surface area contributed by atoms with Crippen LogP contribution in [0.3, 0.4) is 0 Å². The Bertz CT molecular complexity index is 90.4. The van der Waals surface area contributed by atoms with E-state index in [0.29, 0.717) is 0 Å². The van der Waals surface area contributed by atoms with E-state index >= 15 is 0 Å². The van der Waals surface area contributed by atoms with Crippen LogP contribution in [0.15, 0.2) is 0 Å². The van der Waals surface area contributed by atoms with Crippen LogP contribution in [0.1, 0.15) is 52.8 Å². The molecule has 0 aromatic heterocycles. The van der Waals surface area contributed by atoms with Crippen LogP contribution in [0.25, 0.3) is 0 Å². The largest absolute Gasteiger partial charge is 1.00 e. The van der Waals surface area contributed by atoms with E-state index in [0.717, 1.165) is 11.8 Å². The molecule has 0 aromatic rings. The predicted octanol–water partition coefficient (Wildman–Crippen LogP) is 0.483. The van der Waals surface area contributed by atoms with Crippen LogP contribution in [0.2, 0.25) is 0 Å². The van der Waals surface area contributed by atoms with E-state index in [-0.39, 0.29) is 52.8 Å². The quantitative estimate of drug-likeness (QED) is 0.474. The van der Waals surface area contributed by atoms with Gasteiger partial charge in [-0.25, -0.2) is 0 Å². The van der Waals surface area contributed by atoms with Crippen molar-refractivity contribution < 1.29 is 52.8 Å². The van der Waals surface area contributed by atoms with Gasteiger partial charge in [0.25, 0.3) is 0 Å². The molecule has 2 saturated carbocycles. The van der Waals surface area contributed by atoms with Crippen LogP contribution < -0.4 is 51.4 Å². The first-order valence-electron chi connectivity index (χ1n) is 4.97. The molecule has 0 heterocycles. The van der Waals surface area contributed by atoms with Crippen LogP contribution in [0, 0.1) is 11.8 Å². The summed E-state index contributed by atoms with van der Waals surface area (Å²) in [6.45, 7) is 0. The second-order valence-electron chi connectivity index (χ2n) is 4.09. The topological polar surface area (TPSA) is 0 Å². The zero-order valence-corrected chi connectivity index (χ0v) is 10.9. The van der Waals surface area contributed by atoms with Crippen molar-refractivity contribution in [2.75, 3.05) is 0 Å². The van der Waals surface area contributed by atoms with E-state index in [1.54, 1.807) is 25.7 Å². The molecule has 0 saturated heterocycles. The Kier molecular flexibility index (Phi) is 5.25. The molecule has 0 nitrogen and oxygen atoms in total. The van der Waals surface area contributed by atoms with E-state index in [1.165, 1.54) is 25.7 Å². The Labute approximate surface area is 114 Å². The fourth-order valence-corrected chi connectivity index (χ4v) is 2.86. The summed E-state index contributed by atoms with van der Waals surface area (Å²) in [7, 11) is 0. The summed E-state index contributed by atoms with van der Waals surface area (Å²) in [5.41, 5.74) is 0. The number of hydrogen-bond acceptors (Lipinski definition) is 0. The number of hydrogen-bond donors (Lipinski definition) is 0. The van der Waals surface area contributed by atoms with Gasteiger partial charge in [0, 0.05) is 0 Å². The van der Waals surface area contributed by atoms with Gasteiger partial charge in [0.05, 0.1) is 0 Å².